The van der Waals surface area contributed by atoms with E-state index in [1.54, 1.807) is 0 Å². The van der Waals surface area contributed by atoms with Crippen molar-refractivity contribution in [2.45, 2.75) is 71.1 Å². The zero-order chi connectivity index (χ0) is 9.78. The minimum atomic E-state index is 0. The van der Waals surface area contributed by atoms with E-state index >= 15 is 0 Å². The molecular formula is C12H29NO. The zero-order valence-electron chi connectivity index (χ0n) is 9.93. The van der Waals surface area contributed by atoms with Crippen molar-refractivity contribution in [3.05, 3.63) is 0 Å². The van der Waals surface area contributed by atoms with E-state index in [9.17, 15) is 0 Å². The van der Waals surface area contributed by atoms with E-state index < -0.39 is 0 Å². The fourth-order valence-corrected chi connectivity index (χ4v) is 1.60. The monoisotopic (exact) mass is 203 g/mol. The summed E-state index contributed by atoms with van der Waals surface area (Å²) >= 11 is 0. The molecule has 0 spiro atoms. The van der Waals surface area contributed by atoms with E-state index in [0.717, 1.165) is 6.42 Å². The molecule has 0 aromatic carbocycles. The van der Waals surface area contributed by atoms with Crippen molar-refractivity contribution in [3.63, 3.8) is 0 Å². The lowest BCUT2D eigenvalue weighted by atomic mass is 10.1. The first kappa shape index (κ1) is 16.4. The fourth-order valence-electron chi connectivity index (χ4n) is 1.60. The Morgan fingerprint density at radius 1 is 0.643 bits per heavy atom. The normalized spacial score (nSPS) is 9.86. The summed E-state index contributed by atoms with van der Waals surface area (Å²) < 4.78 is 0. The average Bonchev–Trinajstić information content (AvgIpc) is 2.16. The van der Waals surface area contributed by atoms with Crippen LogP contribution in [0.1, 0.15) is 71.1 Å². The van der Waals surface area contributed by atoms with Gasteiger partial charge in [0.05, 0.1) is 0 Å². The Kier molecular flexibility index (Phi) is 18.0. The van der Waals surface area contributed by atoms with Gasteiger partial charge >= 0.3 is 0 Å². The van der Waals surface area contributed by atoms with Crippen molar-refractivity contribution < 1.29 is 5.11 Å². The highest BCUT2D eigenvalue weighted by Crippen LogP contribution is 2.09. The molecule has 0 aliphatic rings. The maximum Gasteiger partial charge on any atom is 0.0431 e. The maximum absolute atomic E-state index is 8.57. The molecule has 0 aliphatic carbocycles. The molecule has 2 nitrogen and oxygen atoms in total. The Morgan fingerprint density at radius 3 is 1.36 bits per heavy atom. The van der Waals surface area contributed by atoms with E-state index in [2.05, 4.69) is 6.92 Å². The summed E-state index contributed by atoms with van der Waals surface area (Å²) in [7, 11) is 0. The lowest BCUT2D eigenvalue weighted by Crippen LogP contribution is -1.84. The van der Waals surface area contributed by atoms with Gasteiger partial charge in [-0.05, 0) is 6.42 Å². The van der Waals surface area contributed by atoms with Gasteiger partial charge in [0, 0.05) is 6.61 Å². The molecule has 0 rings (SSSR count). The average molecular weight is 203 g/mol. The van der Waals surface area contributed by atoms with Crippen LogP contribution in [0.15, 0.2) is 0 Å². The Hall–Kier alpha value is -0.0800. The molecule has 14 heavy (non-hydrogen) atoms. The Bertz CT molecular complexity index is 76.4. The van der Waals surface area contributed by atoms with Gasteiger partial charge in [-0.25, -0.2) is 0 Å². The van der Waals surface area contributed by atoms with E-state index in [-0.39, 0.29) is 6.15 Å². The van der Waals surface area contributed by atoms with Gasteiger partial charge in [-0.1, -0.05) is 64.7 Å². The molecule has 0 bridgehead atoms. The second-order valence-electron chi connectivity index (χ2n) is 3.91. The van der Waals surface area contributed by atoms with Gasteiger partial charge in [0.15, 0.2) is 0 Å². The number of hydrogen-bond donors (Lipinski definition) is 2. The first-order valence-corrected chi connectivity index (χ1v) is 6.02. The molecule has 0 saturated heterocycles. The van der Waals surface area contributed by atoms with E-state index in [1.807, 2.05) is 0 Å². The van der Waals surface area contributed by atoms with Gasteiger partial charge < -0.3 is 11.3 Å². The molecule has 4 N–H and O–H groups in total. The van der Waals surface area contributed by atoms with E-state index in [0.29, 0.717) is 6.61 Å². The number of hydrogen-bond acceptors (Lipinski definition) is 2. The summed E-state index contributed by atoms with van der Waals surface area (Å²) in [4.78, 5) is 0. The molecule has 0 aromatic heterocycles. The van der Waals surface area contributed by atoms with Crippen molar-refractivity contribution in [1.29, 1.82) is 0 Å². The van der Waals surface area contributed by atoms with Crippen LogP contribution in [0.25, 0.3) is 0 Å². The number of rotatable bonds is 10. The molecule has 0 atom stereocenters. The minimum Gasteiger partial charge on any atom is -0.396 e. The third-order valence-corrected chi connectivity index (χ3v) is 2.51. The van der Waals surface area contributed by atoms with Crippen LogP contribution in [0.2, 0.25) is 0 Å². The second-order valence-corrected chi connectivity index (χ2v) is 3.91. The smallest absolute Gasteiger partial charge is 0.0431 e. The third kappa shape index (κ3) is 14.4. The summed E-state index contributed by atoms with van der Waals surface area (Å²) in [5.74, 6) is 0. The van der Waals surface area contributed by atoms with Crippen LogP contribution >= 0.6 is 0 Å². The predicted octanol–water partition coefficient (Wildman–Crippen LogP) is 4.06. The van der Waals surface area contributed by atoms with Crippen LogP contribution in [-0.4, -0.2) is 11.7 Å². The van der Waals surface area contributed by atoms with Gasteiger partial charge in [0.2, 0.25) is 0 Å². The van der Waals surface area contributed by atoms with Crippen LogP contribution in [0.3, 0.4) is 0 Å². The molecule has 2 heteroatoms. The molecular weight excluding hydrogens is 174 g/mol. The lowest BCUT2D eigenvalue weighted by molar-refractivity contribution is 0.282. The van der Waals surface area contributed by atoms with E-state index in [4.69, 9.17) is 5.11 Å². The van der Waals surface area contributed by atoms with Crippen LogP contribution in [0.5, 0.6) is 0 Å². The molecule has 88 valence electrons. The largest absolute Gasteiger partial charge is 0.396 e. The Morgan fingerprint density at radius 2 is 1.00 bits per heavy atom. The Labute approximate surface area is 89.7 Å². The summed E-state index contributed by atoms with van der Waals surface area (Å²) in [6, 6.07) is 0. The highest BCUT2D eigenvalue weighted by atomic mass is 16.2. The third-order valence-electron chi connectivity index (χ3n) is 2.51. The molecule has 0 saturated carbocycles. The lowest BCUT2D eigenvalue weighted by Gasteiger charge is -2.00. The highest BCUT2D eigenvalue weighted by molar-refractivity contribution is 4.46. The highest BCUT2D eigenvalue weighted by Gasteiger charge is 1.91. The Balaban J connectivity index is 0. The summed E-state index contributed by atoms with van der Waals surface area (Å²) in [6.07, 6.45) is 13.3. The van der Waals surface area contributed by atoms with Crippen molar-refractivity contribution in [2.24, 2.45) is 0 Å². The first-order chi connectivity index (χ1) is 6.41. The fraction of sp³-hybridized carbons (Fsp3) is 1.00. The topological polar surface area (TPSA) is 55.2 Å². The number of aliphatic hydroxyl groups is 1. The van der Waals surface area contributed by atoms with Crippen molar-refractivity contribution in [3.8, 4) is 0 Å². The van der Waals surface area contributed by atoms with E-state index in [1.165, 1.54) is 57.8 Å². The minimum absolute atomic E-state index is 0. The molecule has 0 aromatic rings. The van der Waals surface area contributed by atoms with Gasteiger partial charge in [0.1, 0.15) is 0 Å². The van der Waals surface area contributed by atoms with Gasteiger partial charge in [-0.3, -0.25) is 0 Å². The molecule has 0 unspecified atom stereocenters. The zero-order valence-corrected chi connectivity index (χ0v) is 9.93. The SMILES string of the molecule is CCCCCCCCCCCCO.N. The standard InChI is InChI=1S/C12H26O.H3N/c1-2-3-4-5-6-7-8-9-10-11-12-13;/h13H,2-12H2,1H3;1H3. The maximum atomic E-state index is 8.57. The summed E-state index contributed by atoms with van der Waals surface area (Å²) in [5, 5.41) is 8.57. The number of unbranched alkanes of at least 4 members (excludes halogenated alkanes) is 9. The van der Waals surface area contributed by atoms with Gasteiger partial charge in [-0.2, -0.15) is 0 Å². The molecule has 0 aliphatic heterocycles. The van der Waals surface area contributed by atoms with Crippen LogP contribution in [-0.2, 0) is 0 Å². The van der Waals surface area contributed by atoms with Crippen LogP contribution < -0.4 is 6.15 Å². The molecule has 0 fully saturated rings. The quantitative estimate of drug-likeness (QED) is 0.526. The molecule has 0 amide bonds. The summed E-state index contributed by atoms with van der Waals surface area (Å²) in [5.41, 5.74) is 0. The van der Waals surface area contributed by atoms with Gasteiger partial charge in [0.25, 0.3) is 0 Å². The van der Waals surface area contributed by atoms with Crippen molar-refractivity contribution in [1.82, 2.24) is 6.15 Å². The second kappa shape index (κ2) is 15.4. The van der Waals surface area contributed by atoms with Crippen LogP contribution in [0, 0.1) is 0 Å². The van der Waals surface area contributed by atoms with Gasteiger partial charge in [-0.15, -0.1) is 0 Å². The predicted molar refractivity (Wildman–Crippen MR) is 64.0 cm³/mol. The van der Waals surface area contributed by atoms with Crippen molar-refractivity contribution in [2.75, 3.05) is 6.61 Å². The number of aliphatic hydroxyl groups excluding tert-OH is 1. The summed E-state index contributed by atoms with van der Waals surface area (Å²) in [6.45, 7) is 2.63. The molecule has 0 heterocycles. The van der Waals surface area contributed by atoms with Crippen molar-refractivity contribution >= 4 is 0 Å². The first-order valence-electron chi connectivity index (χ1n) is 6.02. The molecule has 0 radical (unpaired) electrons. The van der Waals surface area contributed by atoms with Crippen LogP contribution in [0.4, 0.5) is 0 Å².